The number of hydrogen-bond donors (Lipinski definition) is 3. The molecule has 1 aromatic rings. The molecule has 4 aliphatic carbocycles. The number of allylic oxidation sites excluding steroid dienone is 11. The highest BCUT2D eigenvalue weighted by atomic mass is 16.5. The van der Waals surface area contributed by atoms with Gasteiger partial charge in [0.25, 0.3) is 0 Å². The maximum atomic E-state index is 13.8. The van der Waals surface area contributed by atoms with E-state index in [9.17, 15) is 4.79 Å². The van der Waals surface area contributed by atoms with Crippen LogP contribution in [0.1, 0.15) is 61.9 Å². The Hall–Kier alpha value is -3.86. The van der Waals surface area contributed by atoms with Gasteiger partial charge >= 0.3 is 0 Å². The second-order valence-corrected chi connectivity index (χ2v) is 10.9. The second-order valence-electron chi connectivity index (χ2n) is 10.9. The minimum absolute atomic E-state index is 0.0596. The van der Waals surface area contributed by atoms with Gasteiger partial charge in [-0.15, -0.1) is 0 Å². The highest BCUT2D eigenvalue weighted by Gasteiger charge is 2.41. The molecule has 0 aliphatic heterocycles. The normalized spacial score (nSPS) is 28.1. The highest BCUT2D eigenvalue weighted by molar-refractivity contribution is 5.97. The first-order valence-electron chi connectivity index (χ1n) is 14.2. The van der Waals surface area contributed by atoms with Crippen LogP contribution in [0, 0.1) is 23.2 Å². The zero-order chi connectivity index (χ0) is 27.2. The zero-order valence-corrected chi connectivity index (χ0v) is 22.6. The molecule has 1 saturated carbocycles. The lowest BCUT2D eigenvalue weighted by Crippen LogP contribution is -2.25. The summed E-state index contributed by atoms with van der Waals surface area (Å²) >= 11 is 0. The summed E-state index contributed by atoms with van der Waals surface area (Å²) in [5.74, 6) is 1.04. The molecule has 0 spiro atoms. The van der Waals surface area contributed by atoms with Gasteiger partial charge in [-0.1, -0.05) is 54.7 Å². The summed E-state index contributed by atoms with van der Waals surface area (Å²) < 4.78 is 5.52. The van der Waals surface area contributed by atoms with Crippen molar-refractivity contribution in [2.75, 3.05) is 0 Å². The van der Waals surface area contributed by atoms with E-state index in [2.05, 4.69) is 60.2 Å². The quantitative estimate of drug-likeness (QED) is 0.182. The van der Waals surface area contributed by atoms with Gasteiger partial charge in [0, 0.05) is 28.6 Å². The van der Waals surface area contributed by atoms with Crippen LogP contribution in [-0.4, -0.2) is 17.2 Å². The van der Waals surface area contributed by atoms with Crippen LogP contribution in [0.25, 0.3) is 6.08 Å². The zero-order valence-electron chi connectivity index (χ0n) is 22.6. The third-order valence-electron chi connectivity index (χ3n) is 8.40. The van der Waals surface area contributed by atoms with Crippen LogP contribution in [-0.2, 0) is 22.4 Å². The summed E-state index contributed by atoms with van der Waals surface area (Å²) in [6.07, 6.45) is 30.2. The maximum Gasteiger partial charge on any atom is 0.173 e. The van der Waals surface area contributed by atoms with Gasteiger partial charge in [-0.25, -0.2) is 0 Å². The highest BCUT2D eigenvalue weighted by Crippen LogP contribution is 2.46. The average Bonchev–Trinajstić information content (AvgIpc) is 3.57. The molecule has 1 aromatic heterocycles. The number of nitrogens with one attached hydrogen (secondary N) is 2. The Labute approximate surface area is 231 Å². The van der Waals surface area contributed by atoms with Crippen molar-refractivity contribution < 1.29 is 9.53 Å². The predicted molar refractivity (Wildman–Crippen MR) is 159 cm³/mol. The van der Waals surface area contributed by atoms with Crippen molar-refractivity contribution in [2.45, 2.75) is 57.8 Å². The van der Waals surface area contributed by atoms with E-state index < -0.39 is 0 Å². The molecule has 0 aromatic carbocycles. The fraction of sp³-hybridized carbons (Fsp3) is 0.353. The van der Waals surface area contributed by atoms with Crippen molar-refractivity contribution in [2.24, 2.45) is 23.5 Å². The summed E-state index contributed by atoms with van der Waals surface area (Å²) in [6.45, 7) is 3.73. The minimum atomic E-state index is -0.0749. The SMILES string of the molecule is C=C/C=C(/N)C1=CC2CCC(C(=O)/C3=C/C/C=C(CCc4cc5c([nH]4)C=CCC5)\C=C/CC3)C2C=C1OC=N. The molecule has 4 aliphatic rings. The van der Waals surface area contributed by atoms with E-state index in [1.165, 1.54) is 22.5 Å². The van der Waals surface area contributed by atoms with Crippen LogP contribution in [0.3, 0.4) is 0 Å². The number of carbonyl (C=O) groups excluding carboxylic acids is 1. The van der Waals surface area contributed by atoms with E-state index >= 15 is 0 Å². The van der Waals surface area contributed by atoms with Gasteiger partial charge in [-0.3, -0.25) is 10.2 Å². The summed E-state index contributed by atoms with van der Waals surface area (Å²) in [5.41, 5.74) is 13.9. The molecule has 5 rings (SSSR count). The van der Waals surface area contributed by atoms with Crippen molar-refractivity contribution in [3.05, 3.63) is 112 Å². The molecule has 3 unspecified atom stereocenters. The number of fused-ring (bicyclic) bond motifs is 2. The number of aromatic nitrogens is 1. The summed E-state index contributed by atoms with van der Waals surface area (Å²) in [5, 5.41) is 7.46. The summed E-state index contributed by atoms with van der Waals surface area (Å²) in [6, 6.07) is 2.32. The Morgan fingerprint density at radius 2 is 1.97 bits per heavy atom. The number of rotatable bonds is 9. The molecule has 5 nitrogen and oxygen atoms in total. The van der Waals surface area contributed by atoms with Crippen molar-refractivity contribution in [3.63, 3.8) is 0 Å². The van der Waals surface area contributed by atoms with Crippen LogP contribution in [0.4, 0.5) is 0 Å². The molecule has 0 amide bonds. The van der Waals surface area contributed by atoms with Gasteiger partial charge in [0.15, 0.2) is 12.2 Å². The van der Waals surface area contributed by atoms with Crippen LogP contribution < -0.4 is 5.73 Å². The molecule has 5 heteroatoms. The molecule has 4 N–H and O–H groups in total. The number of hydrogen-bond acceptors (Lipinski definition) is 4. The smallest absolute Gasteiger partial charge is 0.173 e. The van der Waals surface area contributed by atoms with E-state index in [1.54, 1.807) is 12.2 Å². The topological polar surface area (TPSA) is 92.0 Å². The third-order valence-corrected chi connectivity index (χ3v) is 8.40. The van der Waals surface area contributed by atoms with Gasteiger partial charge in [-0.05, 0) is 105 Å². The molecule has 0 radical (unpaired) electrons. The monoisotopic (exact) mass is 521 g/mol. The number of ether oxygens (including phenoxy) is 1. The van der Waals surface area contributed by atoms with E-state index in [-0.39, 0.29) is 23.5 Å². The molecule has 1 fully saturated rings. The fourth-order valence-electron chi connectivity index (χ4n) is 6.41. The van der Waals surface area contributed by atoms with Crippen molar-refractivity contribution in [1.29, 1.82) is 5.41 Å². The third kappa shape index (κ3) is 6.08. The Morgan fingerprint density at radius 1 is 1.13 bits per heavy atom. The van der Waals surface area contributed by atoms with Crippen LogP contribution in [0.2, 0.25) is 0 Å². The van der Waals surface area contributed by atoms with Gasteiger partial charge in [0.05, 0.1) is 0 Å². The number of aryl methyl sites for hydroxylation is 2. The lowest BCUT2D eigenvalue weighted by Gasteiger charge is -2.27. The molecule has 1 heterocycles. The van der Waals surface area contributed by atoms with Gasteiger partial charge in [0.2, 0.25) is 0 Å². The van der Waals surface area contributed by atoms with Crippen molar-refractivity contribution in [3.8, 4) is 0 Å². The van der Waals surface area contributed by atoms with Crippen molar-refractivity contribution >= 4 is 18.3 Å². The molecule has 0 saturated heterocycles. The predicted octanol–water partition coefficient (Wildman–Crippen LogP) is 7.19. The molecule has 3 atom stereocenters. The number of nitrogens with two attached hydrogens (primary N) is 1. The number of Topliss-reactive ketones (excluding diaryl/α,β-unsaturated/α-hetero) is 1. The standard InChI is InChI=1S/C34H39N3O2/c1-2-8-31(36)30-20-25-16-18-28(29(25)21-33(30)39-22-35)34(38)24-11-4-3-9-23(10-7-13-24)15-17-27-19-26-12-5-6-14-32(26)37-27/h2-3,6,8-10,13-14,19-22,25,28-29,35,37H,1,4-5,7,11-12,15-18,36H2/b9-3-,23-10+,24-13+,31-8+,35-22?. The number of ketones is 1. The van der Waals surface area contributed by atoms with Gasteiger partial charge in [0.1, 0.15) is 5.76 Å². The Morgan fingerprint density at radius 3 is 2.79 bits per heavy atom. The Balaban J connectivity index is 1.26. The number of H-pyrrole nitrogens is 1. The first-order valence-corrected chi connectivity index (χ1v) is 14.2. The average molecular weight is 522 g/mol. The summed E-state index contributed by atoms with van der Waals surface area (Å²) in [7, 11) is 0. The number of carbonyl (C=O) groups is 1. The van der Waals surface area contributed by atoms with Crippen molar-refractivity contribution in [1.82, 2.24) is 4.98 Å². The molecular weight excluding hydrogens is 482 g/mol. The molecule has 0 bridgehead atoms. The van der Waals surface area contributed by atoms with E-state index in [4.69, 9.17) is 15.9 Å². The summed E-state index contributed by atoms with van der Waals surface area (Å²) in [4.78, 5) is 17.4. The van der Waals surface area contributed by atoms with E-state index in [0.29, 0.717) is 11.5 Å². The Bertz CT molecular complexity index is 1340. The molecular formula is C34H39N3O2. The first-order chi connectivity index (χ1) is 19.1. The number of aromatic amines is 1. The largest absolute Gasteiger partial charge is 0.446 e. The maximum absolute atomic E-state index is 13.8. The lowest BCUT2D eigenvalue weighted by molar-refractivity contribution is -0.120. The van der Waals surface area contributed by atoms with Crippen LogP contribution in [0.15, 0.2) is 95.5 Å². The van der Waals surface area contributed by atoms with Crippen LogP contribution in [0.5, 0.6) is 0 Å². The minimum Gasteiger partial charge on any atom is -0.446 e. The lowest BCUT2D eigenvalue weighted by atomic mass is 9.79. The Kier molecular flexibility index (Phi) is 8.45. The molecule has 39 heavy (non-hydrogen) atoms. The fourth-order valence-corrected chi connectivity index (χ4v) is 6.41. The van der Waals surface area contributed by atoms with Gasteiger partial charge < -0.3 is 15.5 Å². The van der Waals surface area contributed by atoms with E-state index in [1.807, 2.05) is 6.08 Å². The van der Waals surface area contributed by atoms with E-state index in [0.717, 1.165) is 75.3 Å². The van der Waals surface area contributed by atoms with Gasteiger partial charge in [-0.2, -0.15) is 0 Å². The molecule has 202 valence electrons. The second kappa shape index (κ2) is 12.3. The first kappa shape index (κ1) is 26.7. The van der Waals surface area contributed by atoms with Crippen LogP contribution >= 0.6 is 0 Å².